The Balaban J connectivity index is 1.44. The van der Waals surface area contributed by atoms with Gasteiger partial charge in [0.05, 0.1) is 19.3 Å². The minimum absolute atomic E-state index is 0.0911. The van der Waals surface area contributed by atoms with Crippen LogP contribution in [-0.2, 0) is 11.2 Å². The molecule has 0 aromatic heterocycles. The predicted molar refractivity (Wildman–Crippen MR) is 103 cm³/mol. The smallest absolute Gasteiger partial charge is 0.220 e. The molecular formula is C22H27NO3. The first-order valence-electron chi connectivity index (χ1n) is 9.49. The van der Waals surface area contributed by atoms with Crippen molar-refractivity contribution in [2.24, 2.45) is 0 Å². The number of hydrogen-bond acceptors (Lipinski definition) is 3. The summed E-state index contributed by atoms with van der Waals surface area (Å²) in [7, 11) is 0. The van der Waals surface area contributed by atoms with Gasteiger partial charge in [0.1, 0.15) is 0 Å². The Bertz CT molecular complexity index is 729. The molecule has 0 spiro atoms. The minimum atomic E-state index is 0.0911. The highest BCUT2D eigenvalue weighted by Crippen LogP contribution is 2.29. The van der Waals surface area contributed by atoms with E-state index >= 15 is 0 Å². The van der Waals surface area contributed by atoms with Crippen molar-refractivity contribution in [3.8, 4) is 11.5 Å². The molecule has 3 rings (SSSR count). The van der Waals surface area contributed by atoms with Crippen molar-refractivity contribution in [3.05, 3.63) is 59.7 Å². The van der Waals surface area contributed by atoms with Crippen LogP contribution in [0.5, 0.6) is 11.5 Å². The maximum atomic E-state index is 12.3. The van der Waals surface area contributed by atoms with Crippen molar-refractivity contribution >= 4 is 5.91 Å². The first kappa shape index (κ1) is 18.3. The summed E-state index contributed by atoms with van der Waals surface area (Å²) in [6.07, 6.45) is 4.39. The van der Waals surface area contributed by atoms with Crippen LogP contribution < -0.4 is 14.8 Å². The molecule has 138 valence electrons. The van der Waals surface area contributed by atoms with Gasteiger partial charge >= 0.3 is 0 Å². The Morgan fingerprint density at radius 3 is 2.62 bits per heavy atom. The summed E-state index contributed by atoms with van der Waals surface area (Å²) in [5.41, 5.74) is 2.63. The maximum absolute atomic E-state index is 12.3. The molecule has 0 radical (unpaired) electrons. The summed E-state index contributed by atoms with van der Waals surface area (Å²) in [4.78, 5) is 12.3. The highest BCUT2D eigenvalue weighted by Gasteiger charge is 2.21. The third-order valence-electron chi connectivity index (χ3n) is 4.66. The number of fused-ring (bicyclic) bond motifs is 1. The highest BCUT2D eigenvalue weighted by molar-refractivity contribution is 5.76. The van der Waals surface area contributed by atoms with Crippen molar-refractivity contribution in [1.29, 1.82) is 0 Å². The number of aryl methyl sites for hydroxylation is 1. The van der Waals surface area contributed by atoms with Crippen molar-refractivity contribution in [1.82, 2.24) is 5.32 Å². The Kier molecular flexibility index (Phi) is 6.53. The molecular weight excluding hydrogens is 326 g/mol. The fourth-order valence-electron chi connectivity index (χ4n) is 3.43. The number of ether oxygens (including phenoxy) is 2. The van der Waals surface area contributed by atoms with Crippen LogP contribution in [0.25, 0.3) is 0 Å². The van der Waals surface area contributed by atoms with Gasteiger partial charge in [-0.1, -0.05) is 36.4 Å². The molecule has 1 atom stereocenters. The van der Waals surface area contributed by atoms with Crippen LogP contribution in [0.2, 0.25) is 0 Å². The zero-order chi connectivity index (χ0) is 18.2. The molecule has 0 aliphatic heterocycles. The van der Waals surface area contributed by atoms with Crippen LogP contribution in [0.3, 0.4) is 0 Å². The fourth-order valence-corrected chi connectivity index (χ4v) is 3.43. The molecule has 4 heteroatoms. The zero-order valence-corrected chi connectivity index (χ0v) is 15.4. The summed E-state index contributed by atoms with van der Waals surface area (Å²) in [6, 6.07) is 16.2. The van der Waals surface area contributed by atoms with Gasteiger partial charge in [0.25, 0.3) is 0 Å². The van der Waals surface area contributed by atoms with Crippen LogP contribution >= 0.6 is 0 Å². The second-order valence-corrected chi connectivity index (χ2v) is 6.54. The summed E-state index contributed by atoms with van der Waals surface area (Å²) in [5, 5.41) is 3.19. The molecule has 26 heavy (non-hydrogen) atoms. The van der Waals surface area contributed by atoms with Gasteiger partial charge in [-0.2, -0.15) is 0 Å². The second-order valence-electron chi connectivity index (χ2n) is 6.54. The standard InChI is InChI=1S/C22H27NO3/c1-2-25-20-13-5-6-14-21(20)26-16-8-15-22(24)23-19-12-7-10-17-9-3-4-11-18(17)19/h3-6,9,11,13-14,19H,2,7-8,10,12,15-16H2,1H3,(H,23,24)/t19-/m1/s1. The van der Waals surface area contributed by atoms with E-state index in [4.69, 9.17) is 9.47 Å². The number of carbonyl (C=O) groups is 1. The summed E-state index contributed by atoms with van der Waals surface area (Å²) < 4.78 is 11.3. The molecule has 0 unspecified atom stereocenters. The van der Waals surface area contributed by atoms with Gasteiger partial charge in [-0.05, 0) is 55.9 Å². The molecule has 1 amide bonds. The van der Waals surface area contributed by atoms with Crippen LogP contribution in [0, 0.1) is 0 Å². The lowest BCUT2D eigenvalue weighted by Crippen LogP contribution is -2.31. The van der Waals surface area contributed by atoms with Crippen LogP contribution in [-0.4, -0.2) is 19.1 Å². The van der Waals surface area contributed by atoms with E-state index in [2.05, 4.69) is 23.5 Å². The molecule has 0 fully saturated rings. The van der Waals surface area contributed by atoms with Crippen molar-refractivity contribution in [2.45, 2.75) is 45.1 Å². The predicted octanol–water partition coefficient (Wildman–Crippen LogP) is 4.44. The van der Waals surface area contributed by atoms with E-state index in [9.17, 15) is 4.79 Å². The Morgan fingerprint density at radius 2 is 1.81 bits per heavy atom. The number of rotatable bonds is 8. The van der Waals surface area contributed by atoms with Gasteiger partial charge in [0, 0.05) is 6.42 Å². The lowest BCUT2D eigenvalue weighted by atomic mass is 9.87. The number of carbonyl (C=O) groups excluding carboxylic acids is 1. The maximum Gasteiger partial charge on any atom is 0.220 e. The quantitative estimate of drug-likeness (QED) is 0.714. The van der Waals surface area contributed by atoms with Gasteiger partial charge in [-0.25, -0.2) is 0 Å². The average molecular weight is 353 g/mol. The van der Waals surface area contributed by atoms with Crippen molar-refractivity contribution < 1.29 is 14.3 Å². The van der Waals surface area contributed by atoms with Crippen LogP contribution in [0.1, 0.15) is 49.8 Å². The van der Waals surface area contributed by atoms with E-state index in [1.165, 1.54) is 11.1 Å². The topological polar surface area (TPSA) is 47.6 Å². The summed E-state index contributed by atoms with van der Waals surface area (Å²) >= 11 is 0. The molecule has 0 saturated heterocycles. The number of nitrogens with one attached hydrogen (secondary N) is 1. The van der Waals surface area contributed by atoms with Gasteiger partial charge in [-0.3, -0.25) is 4.79 Å². The molecule has 0 bridgehead atoms. The van der Waals surface area contributed by atoms with E-state index in [1.54, 1.807) is 0 Å². The summed E-state index contributed by atoms with van der Waals surface area (Å²) in [6.45, 7) is 3.05. The van der Waals surface area contributed by atoms with E-state index in [0.29, 0.717) is 26.1 Å². The number of hydrogen-bond donors (Lipinski definition) is 1. The van der Waals surface area contributed by atoms with Gasteiger partial charge in [-0.15, -0.1) is 0 Å². The fraction of sp³-hybridized carbons (Fsp3) is 0.409. The highest BCUT2D eigenvalue weighted by atomic mass is 16.5. The lowest BCUT2D eigenvalue weighted by Gasteiger charge is -2.26. The first-order chi connectivity index (χ1) is 12.8. The monoisotopic (exact) mass is 353 g/mol. The molecule has 2 aromatic rings. The van der Waals surface area contributed by atoms with Gasteiger partial charge in [0.15, 0.2) is 11.5 Å². The van der Waals surface area contributed by atoms with Crippen molar-refractivity contribution in [2.75, 3.05) is 13.2 Å². The third kappa shape index (κ3) is 4.78. The molecule has 1 N–H and O–H groups in total. The van der Waals surface area contributed by atoms with E-state index < -0.39 is 0 Å². The number of benzene rings is 2. The lowest BCUT2D eigenvalue weighted by molar-refractivity contribution is -0.122. The number of para-hydroxylation sites is 2. The molecule has 0 saturated carbocycles. The molecule has 4 nitrogen and oxygen atoms in total. The normalized spacial score (nSPS) is 15.8. The zero-order valence-electron chi connectivity index (χ0n) is 15.4. The van der Waals surface area contributed by atoms with Gasteiger partial charge < -0.3 is 14.8 Å². The SMILES string of the molecule is CCOc1ccccc1OCCCC(=O)N[C@@H]1CCCc2ccccc21. The largest absolute Gasteiger partial charge is 0.490 e. The van der Waals surface area contributed by atoms with Crippen molar-refractivity contribution in [3.63, 3.8) is 0 Å². The molecule has 2 aromatic carbocycles. The van der Waals surface area contributed by atoms with E-state index in [-0.39, 0.29) is 11.9 Å². The second kappa shape index (κ2) is 9.27. The summed E-state index contributed by atoms with van der Waals surface area (Å²) in [5.74, 6) is 1.57. The van der Waals surface area contributed by atoms with Gasteiger partial charge in [0.2, 0.25) is 5.91 Å². The molecule has 0 heterocycles. The molecule has 1 aliphatic rings. The Hall–Kier alpha value is -2.49. The Morgan fingerprint density at radius 1 is 1.08 bits per heavy atom. The first-order valence-corrected chi connectivity index (χ1v) is 9.49. The van der Waals surface area contributed by atoms with Crippen LogP contribution in [0.4, 0.5) is 0 Å². The van der Waals surface area contributed by atoms with E-state index in [1.807, 2.05) is 37.3 Å². The Labute approximate surface area is 155 Å². The van der Waals surface area contributed by atoms with Crippen LogP contribution in [0.15, 0.2) is 48.5 Å². The third-order valence-corrected chi connectivity index (χ3v) is 4.66. The molecule has 1 aliphatic carbocycles. The average Bonchev–Trinajstić information content (AvgIpc) is 2.67. The van der Waals surface area contributed by atoms with E-state index in [0.717, 1.165) is 30.8 Å². The number of amides is 1. The minimum Gasteiger partial charge on any atom is -0.490 e.